The summed E-state index contributed by atoms with van der Waals surface area (Å²) < 4.78 is 0. The highest BCUT2D eigenvalue weighted by molar-refractivity contribution is 5.92. The smallest absolute Gasteiger partial charge is 0.274 e. The van der Waals surface area contributed by atoms with Crippen LogP contribution in [0.4, 0.5) is 0 Å². The Kier molecular flexibility index (Phi) is 3.85. The quantitative estimate of drug-likeness (QED) is 0.827. The molecule has 0 aromatic carbocycles. The second-order valence-electron chi connectivity index (χ2n) is 6.54. The number of carbonyl (C=O) groups excluding carboxylic acids is 2. The third kappa shape index (κ3) is 2.46. The van der Waals surface area contributed by atoms with Gasteiger partial charge >= 0.3 is 0 Å². The number of nitrogens with zero attached hydrogens (tertiary/aromatic N) is 4. The molecule has 3 heterocycles. The molecule has 0 saturated carbocycles. The summed E-state index contributed by atoms with van der Waals surface area (Å²) in [5, 5.41) is 0. The van der Waals surface area contributed by atoms with Crippen molar-refractivity contribution in [3.05, 3.63) is 24.3 Å². The van der Waals surface area contributed by atoms with Crippen molar-refractivity contribution in [1.82, 2.24) is 19.8 Å². The van der Waals surface area contributed by atoms with Gasteiger partial charge in [-0.25, -0.2) is 4.98 Å². The highest BCUT2D eigenvalue weighted by Gasteiger charge is 2.50. The first-order chi connectivity index (χ1) is 10.5. The number of hydrogen-bond donors (Lipinski definition) is 0. The summed E-state index contributed by atoms with van der Waals surface area (Å²) in [5.41, 5.74) is 0.220. The van der Waals surface area contributed by atoms with E-state index in [4.69, 9.17) is 0 Å². The lowest BCUT2D eigenvalue weighted by molar-refractivity contribution is -0.155. The second kappa shape index (κ2) is 5.66. The van der Waals surface area contributed by atoms with E-state index in [1.807, 2.05) is 23.6 Å². The normalized spacial score (nSPS) is 24.5. The van der Waals surface area contributed by atoms with Crippen LogP contribution in [0, 0.1) is 5.92 Å². The van der Waals surface area contributed by atoms with E-state index >= 15 is 0 Å². The van der Waals surface area contributed by atoms with Crippen LogP contribution in [0.3, 0.4) is 0 Å². The van der Waals surface area contributed by atoms with Crippen LogP contribution in [0.1, 0.15) is 43.6 Å². The van der Waals surface area contributed by atoms with E-state index in [0.717, 1.165) is 32.4 Å². The first-order valence-electron chi connectivity index (χ1n) is 7.90. The SMILES string of the molecule is CC(C)C(=O)N1CCC12CCCN(C(=O)c1cnccn1)C2. The van der Waals surface area contributed by atoms with E-state index in [2.05, 4.69) is 9.97 Å². The van der Waals surface area contributed by atoms with Gasteiger partial charge in [-0.2, -0.15) is 0 Å². The average Bonchev–Trinajstić information content (AvgIpc) is 2.54. The molecule has 1 aromatic rings. The molecule has 22 heavy (non-hydrogen) atoms. The Morgan fingerprint density at radius 3 is 2.64 bits per heavy atom. The van der Waals surface area contributed by atoms with Crippen LogP contribution in [0.15, 0.2) is 18.6 Å². The number of carbonyl (C=O) groups is 2. The zero-order chi connectivity index (χ0) is 15.7. The van der Waals surface area contributed by atoms with E-state index in [1.165, 1.54) is 12.4 Å². The fraction of sp³-hybridized carbons (Fsp3) is 0.625. The lowest BCUT2D eigenvalue weighted by atomic mass is 9.77. The largest absolute Gasteiger partial charge is 0.335 e. The highest BCUT2D eigenvalue weighted by Crippen LogP contribution is 2.39. The van der Waals surface area contributed by atoms with Gasteiger partial charge in [-0.05, 0) is 19.3 Å². The van der Waals surface area contributed by atoms with Crippen LogP contribution >= 0.6 is 0 Å². The van der Waals surface area contributed by atoms with Gasteiger partial charge in [0.05, 0.1) is 11.7 Å². The molecule has 6 nitrogen and oxygen atoms in total. The molecule has 2 fully saturated rings. The minimum atomic E-state index is -0.155. The Morgan fingerprint density at radius 1 is 1.23 bits per heavy atom. The van der Waals surface area contributed by atoms with Gasteiger partial charge in [0, 0.05) is 37.9 Å². The number of aromatic nitrogens is 2. The van der Waals surface area contributed by atoms with Gasteiger partial charge < -0.3 is 9.80 Å². The molecular formula is C16H22N4O2. The summed E-state index contributed by atoms with van der Waals surface area (Å²) in [4.78, 5) is 36.8. The monoisotopic (exact) mass is 302 g/mol. The molecule has 118 valence electrons. The third-order valence-electron chi connectivity index (χ3n) is 4.76. The fourth-order valence-corrected chi connectivity index (χ4v) is 3.48. The van der Waals surface area contributed by atoms with Crippen LogP contribution in [0.5, 0.6) is 0 Å². The minimum absolute atomic E-state index is 0.00300. The van der Waals surface area contributed by atoms with Crippen molar-refractivity contribution in [2.75, 3.05) is 19.6 Å². The lowest BCUT2D eigenvalue weighted by Crippen LogP contribution is -2.69. The topological polar surface area (TPSA) is 66.4 Å². The van der Waals surface area contributed by atoms with Crippen molar-refractivity contribution in [3.63, 3.8) is 0 Å². The van der Waals surface area contributed by atoms with Crippen LogP contribution in [0.25, 0.3) is 0 Å². The average molecular weight is 302 g/mol. The maximum absolute atomic E-state index is 12.6. The van der Waals surface area contributed by atoms with Crippen LogP contribution in [-0.4, -0.2) is 56.8 Å². The first kappa shape index (κ1) is 14.9. The molecule has 0 radical (unpaired) electrons. The number of amides is 2. The van der Waals surface area contributed by atoms with E-state index < -0.39 is 0 Å². The van der Waals surface area contributed by atoms with E-state index in [9.17, 15) is 9.59 Å². The van der Waals surface area contributed by atoms with Crippen molar-refractivity contribution in [2.45, 2.75) is 38.6 Å². The predicted molar refractivity (Wildman–Crippen MR) is 81.1 cm³/mol. The molecule has 6 heteroatoms. The van der Waals surface area contributed by atoms with Crippen molar-refractivity contribution >= 4 is 11.8 Å². The van der Waals surface area contributed by atoms with Gasteiger partial charge in [0.1, 0.15) is 5.69 Å². The molecular weight excluding hydrogens is 280 g/mol. The lowest BCUT2D eigenvalue weighted by Gasteiger charge is -2.57. The molecule has 2 aliphatic heterocycles. The van der Waals surface area contributed by atoms with Crippen LogP contribution in [0.2, 0.25) is 0 Å². The number of rotatable bonds is 2. The fourth-order valence-electron chi connectivity index (χ4n) is 3.48. The Bertz CT molecular complexity index is 575. The van der Waals surface area contributed by atoms with Crippen molar-refractivity contribution in [3.8, 4) is 0 Å². The summed E-state index contributed by atoms with van der Waals surface area (Å²) in [5.74, 6) is 0.110. The molecule has 2 aliphatic rings. The third-order valence-corrected chi connectivity index (χ3v) is 4.76. The zero-order valence-corrected chi connectivity index (χ0v) is 13.2. The van der Waals surface area contributed by atoms with Gasteiger partial charge in [0.25, 0.3) is 5.91 Å². The summed E-state index contributed by atoms with van der Waals surface area (Å²) in [6.45, 7) is 6.01. The maximum atomic E-state index is 12.6. The summed E-state index contributed by atoms with van der Waals surface area (Å²) in [7, 11) is 0. The molecule has 1 unspecified atom stereocenters. The number of piperidine rings is 1. The predicted octanol–water partition coefficient (Wildman–Crippen LogP) is 1.34. The highest BCUT2D eigenvalue weighted by atomic mass is 16.2. The molecule has 2 saturated heterocycles. The molecule has 1 aromatic heterocycles. The molecule has 0 bridgehead atoms. The Hall–Kier alpha value is -1.98. The molecule has 1 spiro atoms. The Morgan fingerprint density at radius 2 is 2.05 bits per heavy atom. The van der Waals surface area contributed by atoms with Gasteiger partial charge in [-0.15, -0.1) is 0 Å². The standard InChI is InChI=1S/C16H22N4O2/c1-12(2)14(21)20-9-5-16(20)4-3-8-19(11-16)15(22)13-10-17-6-7-18-13/h6-7,10,12H,3-5,8-9,11H2,1-2H3. The summed E-state index contributed by atoms with van der Waals surface area (Å²) in [6, 6.07) is 0. The summed E-state index contributed by atoms with van der Waals surface area (Å²) >= 11 is 0. The second-order valence-corrected chi connectivity index (χ2v) is 6.54. The van der Waals surface area contributed by atoms with Crippen molar-refractivity contribution in [2.24, 2.45) is 5.92 Å². The minimum Gasteiger partial charge on any atom is -0.335 e. The van der Waals surface area contributed by atoms with E-state index in [-0.39, 0.29) is 23.3 Å². The van der Waals surface area contributed by atoms with Gasteiger partial charge in [0.2, 0.25) is 5.91 Å². The first-order valence-corrected chi connectivity index (χ1v) is 7.90. The molecule has 0 N–H and O–H groups in total. The van der Waals surface area contributed by atoms with E-state index in [1.54, 1.807) is 6.20 Å². The van der Waals surface area contributed by atoms with Gasteiger partial charge in [0.15, 0.2) is 0 Å². The zero-order valence-electron chi connectivity index (χ0n) is 13.2. The molecule has 1 atom stereocenters. The van der Waals surface area contributed by atoms with E-state index in [0.29, 0.717) is 12.2 Å². The van der Waals surface area contributed by atoms with Gasteiger partial charge in [-0.1, -0.05) is 13.8 Å². The molecule has 3 rings (SSSR count). The number of hydrogen-bond acceptors (Lipinski definition) is 4. The molecule has 0 aliphatic carbocycles. The van der Waals surface area contributed by atoms with Crippen LogP contribution in [-0.2, 0) is 4.79 Å². The molecule has 2 amide bonds. The Balaban J connectivity index is 1.75. The van der Waals surface area contributed by atoms with Crippen molar-refractivity contribution in [1.29, 1.82) is 0 Å². The van der Waals surface area contributed by atoms with Crippen molar-refractivity contribution < 1.29 is 9.59 Å². The van der Waals surface area contributed by atoms with Crippen LogP contribution < -0.4 is 0 Å². The number of likely N-dealkylation sites (tertiary alicyclic amines) is 2. The summed E-state index contributed by atoms with van der Waals surface area (Å²) in [6.07, 6.45) is 7.48. The Labute approximate surface area is 130 Å². The maximum Gasteiger partial charge on any atom is 0.274 e. The van der Waals surface area contributed by atoms with Gasteiger partial charge in [-0.3, -0.25) is 14.6 Å².